The molecule has 7 nitrogen and oxygen atoms in total. The van der Waals surface area contributed by atoms with Gasteiger partial charge in [0.25, 0.3) is 5.91 Å². The molecule has 3 rings (SSSR count). The number of phenolic OH excluding ortho intramolecular Hbond substituents is 2. The molecule has 2 aromatic rings. The van der Waals surface area contributed by atoms with Crippen molar-refractivity contribution in [2.24, 2.45) is 0 Å². The lowest BCUT2D eigenvalue weighted by atomic mass is 9.86. The molecule has 0 saturated heterocycles. The van der Waals surface area contributed by atoms with Crippen molar-refractivity contribution in [3.05, 3.63) is 57.6 Å². The molecule has 1 unspecified atom stereocenters. The summed E-state index contributed by atoms with van der Waals surface area (Å²) in [7, 11) is 0. The van der Waals surface area contributed by atoms with Gasteiger partial charge in [-0.3, -0.25) is 4.79 Å². The number of ether oxygens (including phenoxy) is 1. The lowest BCUT2D eigenvalue weighted by Gasteiger charge is -2.25. The molecule has 0 saturated carbocycles. The number of fused-ring (bicyclic) bond motifs is 1. The highest BCUT2D eigenvalue weighted by molar-refractivity contribution is 6.35. The van der Waals surface area contributed by atoms with Crippen LogP contribution in [0.4, 0.5) is 4.79 Å². The Morgan fingerprint density at radius 2 is 1.94 bits per heavy atom. The zero-order valence-corrected chi connectivity index (χ0v) is 19.1. The number of hydrogen-bond acceptors (Lipinski definition) is 5. The first-order valence-corrected chi connectivity index (χ1v) is 11.3. The normalized spacial score (nSPS) is 15.6. The number of halogens is 1. The Balaban J connectivity index is 2.05. The topological polar surface area (TPSA) is 99.1 Å². The summed E-state index contributed by atoms with van der Waals surface area (Å²) in [4.78, 5) is 26.9. The number of carbonyl (C=O) groups excluding carboxylic acids is 2. The molecule has 8 heteroatoms. The van der Waals surface area contributed by atoms with E-state index in [9.17, 15) is 19.8 Å². The fourth-order valence-corrected chi connectivity index (χ4v) is 4.32. The van der Waals surface area contributed by atoms with Gasteiger partial charge in [0.1, 0.15) is 11.5 Å². The number of hydrogen-bond donors (Lipinski definition) is 3. The average molecular weight is 461 g/mol. The average Bonchev–Trinajstić information content (AvgIpc) is 2.95. The Hall–Kier alpha value is -2.93. The Labute approximate surface area is 192 Å². The Morgan fingerprint density at radius 1 is 1.22 bits per heavy atom. The van der Waals surface area contributed by atoms with Crippen molar-refractivity contribution >= 4 is 23.6 Å². The van der Waals surface area contributed by atoms with Crippen LogP contribution >= 0.6 is 11.6 Å². The van der Waals surface area contributed by atoms with Crippen LogP contribution in [0.2, 0.25) is 5.02 Å². The van der Waals surface area contributed by atoms with Crippen LogP contribution in [0.25, 0.3) is 0 Å². The molecular weight excluding hydrogens is 432 g/mol. The molecule has 1 atom stereocenters. The monoisotopic (exact) mass is 460 g/mol. The van der Waals surface area contributed by atoms with E-state index in [0.29, 0.717) is 38.2 Å². The van der Waals surface area contributed by atoms with Gasteiger partial charge in [0.05, 0.1) is 17.2 Å². The van der Waals surface area contributed by atoms with E-state index in [-0.39, 0.29) is 28.0 Å². The van der Waals surface area contributed by atoms with Gasteiger partial charge >= 0.3 is 6.09 Å². The van der Waals surface area contributed by atoms with E-state index in [4.69, 9.17) is 16.3 Å². The molecule has 0 aromatic heterocycles. The molecule has 2 aromatic carbocycles. The van der Waals surface area contributed by atoms with Gasteiger partial charge in [-0.2, -0.15) is 0 Å². The van der Waals surface area contributed by atoms with Crippen molar-refractivity contribution in [3.63, 3.8) is 0 Å². The summed E-state index contributed by atoms with van der Waals surface area (Å²) in [5.74, 6) is -0.842. The van der Waals surface area contributed by atoms with Gasteiger partial charge in [-0.25, -0.2) is 4.79 Å². The molecule has 0 radical (unpaired) electrons. The second-order valence-corrected chi connectivity index (χ2v) is 8.20. The summed E-state index contributed by atoms with van der Waals surface area (Å²) < 4.78 is 5.43. The number of phenols is 2. The number of aromatic hydroxyl groups is 2. The van der Waals surface area contributed by atoms with Crippen molar-refractivity contribution < 1.29 is 24.5 Å². The van der Waals surface area contributed by atoms with E-state index in [1.165, 1.54) is 0 Å². The zero-order valence-electron chi connectivity index (χ0n) is 18.4. The van der Waals surface area contributed by atoms with E-state index >= 15 is 0 Å². The highest BCUT2D eigenvalue weighted by Gasteiger charge is 2.32. The van der Waals surface area contributed by atoms with Gasteiger partial charge in [0.15, 0.2) is 0 Å². The van der Waals surface area contributed by atoms with Crippen molar-refractivity contribution in [2.75, 3.05) is 26.2 Å². The van der Waals surface area contributed by atoms with Crippen molar-refractivity contribution in [1.29, 1.82) is 0 Å². The van der Waals surface area contributed by atoms with Crippen LogP contribution in [0.15, 0.2) is 30.3 Å². The number of nitrogens with zero attached hydrogens (tertiary/aromatic N) is 1. The minimum absolute atomic E-state index is 0.0377. The molecule has 0 bridgehead atoms. The number of amides is 2. The van der Waals surface area contributed by atoms with Crippen LogP contribution in [0.3, 0.4) is 0 Å². The fraction of sp³-hybridized carbons (Fsp3) is 0.417. The maximum Gasteiger partial charge on any atom is 0.409 e. The van der Waals surface area contributed by atoms with E-state index < -0.39 is 12.0 Å². The third-order valence-electron chi connectivity index (χ3n) is 5.63. The van der Waals surface area contributed by atoms with E-state index in [0.717, 1.165) is 24.0 Å². The first kappa shape index (κ1) is 23.7. The van der Waals surface area contributed by atoms with Crippen molar-refractivity contribution in [1.82, 2.24) is 10.2 Å². The zero-order chi connectivity index (χ0) is 23.3. The molecule has 32 heavy (non-hydrogen) atoms. The van der Waals surface area contributed by atoms with Crippen molar-refractivity contribution in [2.45, 2.75) is 39.0 Å². The number of rotatable bonds is 6. The molecule has 1 aliphatic rings. The van der Waals surface area contributed by atoms with Gasteiger partial charge in [-0.05, 0) is 54.7 Å². The largest absolute Gasteiger partial charge is 0.508 e. The Morgan fingerprint density at radius 3 is 2.59 bits per heavy atom. The molecule has 1 aliphatic heterocycles. The molecule has 0 spiro atoms. The highest BCUT2D eigenvalue weighted by Crippen LogP contribution is 2.40. The second-order valence-electron chi connectivity index (χ2n) is 7.82. The SMILES string of the molecule is CCCCOC(=O)N1CCc2c(cc(O)c(C(=O)NCC)c2Cl)C(c2ccc(O)cc2)C1. The smallest absolute Gasteiger partial charge is 0.409 e. The fourth-order valence-electron chi connectivity index (χ4n) is 3.94. The minimum atomic E-state index is -0.445. The first-order chi connectivity index (χ1) is 15.4. The highest BCUT2D eigenvalue weighted by atomic mass is 35.5. The third-order valence-corrected chi connectivity index (χ3v) is 6.05. The minimum Gasteiger partial charge on any atom is -0.508 e. The van der Waals surface area contributed by atoms with Gasteiger partial charge in [-0.1, -0.05) is 37.1 Å². The van der Waals surface area contributed by atoms with Crippen LogP contribution in [0, 0.1) is 0 Å². The third kappa shape index (κ3) is 5.10. The van der Waals surface area contributed by atoms with Gasteiger partial charge in [-0.15, -0.1) is 0 Å². The number of nitrogens with one attached hydrogen (secondary N) is 1. The quantitative estimate of drug-likeness (QED) is 0.554. The number of benzene rings is 2. The predicted octanol–water partition coefficient (Wildman–Crippen LogP) is 4.43. The van der Waals surface area contributed by atoms with Gasteiger partial charge in [0.2, 0.25) is 0 Å². The molecule has 1 heterocycles. The molecule has 172 valence electrons. The summed E-state index contributed by atoms with van der Waals surface area (Å²) >= 11 is 6.65. The summed E-state index contributed by atoms with van der Waals surface area (Å²) in [5, 5.41) is 23.3. The number of unbranched alkanes of at least 4 members (excludes halogenated alkanes) is 1. The van der Waals surface area contributed by atoms with Crippen molar-refractivity contribution in [3.8, 4) is 11.5 Å². The van der Waals surface area contributed by atoms with E-state index in [1.54, 1.807) is 42.2 Å². The molecule has 2 amide bonds. The van der Waals surface area contributed by atoms with Crippen LogP contribution in [0.5, 0.6) is 11.5 Å². The van der Waals surface area contributed by atoms with Crippen LogP contribution in [-0.2, 0) is 11.2 Å². The lowest BCUT2D eigenvalue weighted by Crippen LogP contribution is -2.35. The van der Waals surface area contributed by atoms with Gasteiger partial charge in [0, 0.05) is 25.6 Å². The summed E-state index contributed by atoms with van der Waals surface area (Å²) in [5.41, 5.74) is 2.34. The number of carbonyl (C=O) groups is 2. The van der Waals surface area contributed by atoms with Gasteiger partial charge < -0.3 is 25.2 Å². The lowest BCUT2D eigenvalue weighted by molar-refractivity contribution is 0.0952. The van der Waals surface area contributed by atoms with E-state index in [1.807, 2.05) is 6.92 Å². The summed E-state index contributed by atoms with van der Waals surface area (Å²) in [6.45, 7) is 5.25. The molecule has 0 fully saturated rings. The summed E-state index contributed by atoms with van der Waals surface area (Å²) in [6, 6.07) is 8.27. The molecule has 0 aliphatic carbocycles. The maximum atomic E-state index is 12.7. The molecular formula is C24H29ClN2O5. The Kier molecular flexibility index (Phi) is 7.85. The van der Waals surface area contributed by atoms with Crippen LogP contribution in [-0.4, -0.2) is 53.4 Å². The predicted molar refractivity (Wildman–Crippen MR) is 123 cm³/mol. The molecule has 3 N–H and O–H groups in total. The van der Waals surface area contributed by atoms with E-state index in [2.05, 4.69) is 5.32 Å². The van der Waals surface area contributed by atoms with Crippen LogP contribution in [0.1, 0.15) is 59.7 Å². The Bertz CT molecular complexity index is 977. The first-order valence-electron chi connectivity index (χ1n) is 10.9. The summed E-state index contributed by atoms with van der Waals surface area (Å²) in [6.07, 6.45) is 1.72. The maximum absolute atomic E-state index is 12.7. The van der Waals surface area contributed by atoms with Crippen LogP contribution < -0.4 is 5.32 Å². The standard InChI is InChI=1S/C24H29ClN2O5/c1-3-5-12-32-24(31)27-11-10-17-18(19(14-27)15-6-8-16(28)9-7-15)13-20(29)21(22(17)25)23(30)26-4-2/h6-9,13,19,28-29H,3-5,10-12,14H2,1-2H3,(H,26,30). The second kappa shape index (κ2) is 10.6.